The Morgan fingerprint density at radius 1 is 1.14 bits per heavy atom. The van der Waals surface area contributed by atoms with Gasteiger partial charge in [-0.25, -0.2) is 4.57 Å². The topological polar surface area (TPSA) is 77.8 Å². The largest absolute Gasteiger partial charge is 1.00 e. The number of phosphoric acid groups is 1. The highest BCUT2D eigenvalue weighted by atomic mass is 31.2. The summed E-state index contributed by atoms with van der Waals surface area (Å²) in [7, 11) is -4.64. The average molecular weight is 167 g/mol. The van der Waals surface area contributed by atoms with E-state index in [1.807, 2.05) is 0 Å². The molecule has 2 unspecified atom stereocenters. The van der Waals surface area contributed by atoms with Crippen LogP contribution in [0.3, 0.4) is 0 Å². The molecule has 0 aromatic carbocycles. The first kappa shape index (κ1) is 15.7. The van der Waals surface area contributed by atoms with Crippen LogP contribution >= 0.6 is 27.6 Å². The Bertz CT molecular complexity index is 57.4. The van der Waals surface area contributed by atoms with Gasteiger partial charge < -0.3 is 14.7 Å². The quantitative estimate of drug-likeness (QED) is 0.417. The third kappa shape index (κ3) is 183. The van der Waals surface area contributed by atoms with Crippen molar-refractivity contribution in [3.63, 3.8) is 0 Å². The lowest BCUT2D eigenvalue weighted by Crippen LogP contribution is -1.66. The molecule has 0 radical (unpaired) electrons. The fraction of sp³-hybridized carbons (Fsp3) is 0. The smallest absolute Gasteiger partial charge is 0.303 e. The molecule has 0 saturated carbocycles. The summed E-state index contributed by atoms with van der Waals surface area (Å²) in [5.41, 5.74) is 0. The summed E-state index contributed by atoms with van der Waals surface area (Å²) >= 11 is 0. The lowest BCUT2D eigenvalue weighted by molar-refractivity contribution is 0.275. The van der Waals surface area contributed by atoms with E-state index in [1.54, 1.807) is 0 Å². The van der Waals surface area contributed by atoms with Gasteiger partial charge >= 0.3 is 9.25 Å². The highest BCUT2D eigenvalue weighted by molar-refractivity contribution is 7.45. The molecule has 0 heterocycles. The maximum atomic E-state index is 8.88. The Balaban J connectivity index is -0.0000000267. The molecule has 0 bridgehead atoms. The van der Waals surface area contributed by atoms with Gasteiger partial charge in [0, 0.05) is 0 Å². The Labute approximate surface area is 49.3 Å². The molecule has 0 aromatic heterocycles. The third-order valence-electron chi connectivity index (χ3n) is 0. The van der Waals surface area contributed by atoms with Crippen LogP contribution in [0.2, 0.25) is 0 Å². The molecule has 7 heteroatoms. The van der Waals surface area contributed by atoms with Crippen molar-refractivity contribution in [3.05, 3.63) is 0 Å². The van der Waals surface area contributed by atoms with Crippen LogP contribution in [0.5, 0.6) is 0 Å². The molecule has 0 aromatic rings. The summed E-state index contributed by atoms with van der Waals surface area (Å²) in [5.74, 6) is 0. The lowest BCUT2D eigenvalue weighted by Gasteiger charge is -1.82. The highest BCUT2D eigenvalue weighted by Crippen LogP contribution is 2.25. The Kier molecular flexibility index (Phi) is 11.5. The van der Waals surface area contributed by atoms with Crippen molar-refractivity contribution < 1.29 is 20.7 Å². The first-order valence-electron chi connectivity index (χ1n) is 0.783. The van der Waals surface area contributed by atoms with E-state index in [1.165, 1.54) is 0 Å². The van der Waals surface area contributed by atoms with Crippen LogP contribution in [0.1, 0.15) is 1.43 Å². The van der Waals surface area contributed by atoms with Crippen LogP contribution in [0.25, 0.3) is 0 Å². The van der Waals surface area contributed by atoms with Gasteiger partial charge in [-0.1, -0.05) is 0 Å². The molecular formula is H10O4P3+. The molecule has 0 amide bonds. The predicted molar refractivity (Wildman–Crippen MR) is 37.6 cm³/mol. The first-order chi connectivity index (χ1) is 2.00. The van der Waals surface area contributed by atoms with Gasteiger partial charge in [0.05, 0.1) is 0 Å². The van der Waals surface area contributed by atoms with E-state index in [2.05, 4.69) is 0 Å². The molecular weight excluding hydrogens is 157 g/mol. The molecule has 7 heavy (non-hydrogen) atoms. The average Bonchev–Trinajstić information content (AvgIpc) is 0.722. The summed E-state index contributed by atoms with van der Waals surface area (Å²) in [6.07, 6.45) is 0. The molecule has 0 aliphatic rings. The SMILES string of the molecule is O=P(O)(O)O.P.P.[H+]. The van der Waals surface area contributed by atoms with Gasteiger partial charge in [-0.3, -0.25) is 0 Å². The zero-order chi connectivity index (χ0) is 4.50. The molecule has 0 aliphatic heterocycles. The van der Waals surface area contributed by atoms with E-state index in [9.17, 15) is 0 Å². The van der Waals surface area contributed by atoms with E-state index in [-0.39, 0.29) is 21.2 Å². The van der Waals surface area contributed by atoms with E-state index < -0.39 is 7.82 Å². The van der Waals surface area contributed by atoms with Gasteiger partial charge in [0.1, 0.15) is 0 Å². The van der Waals surface area contributed by atoms with E-state index in [4.69, 9.17) is 19.2 Å². The summed E-state index contributed by atoms with van der Waals surface area (Å²) in [6.45, 7) is 0. The molecule has 4 nitrogen and oxygen atoms in total. The monoisotopic (exact) mass is 167 g/mol. The van der Waals surface area contributed by atoms with Crippen molar-refractivity contribution in [2.45, 2.75) is 0 Å². The first-order valence-corrected chi connectivity index (χ1v) is 2.35. The fourth-order valence-electron chi connectivity index (χ4n) is 0. The highest BCUT2D eigenvalue weighted by Gasteiger charge is 2.00. The van der Waals surface area contributed by atoms with E-state index in [0.717, 1.165) is 0 Å². The normalized spacial score (nSPS) is 8.43. The van der Waals surface area contributed by atoms with E-state index in [0.29, 0.717) is 0 Å². The van der Waals surface area contributed by atoms with Crippen molar-refractivity contribution in [2.75, 3.05) is 0 Å². The predicted octanol–water partition coefficient (Wildman–Crippen LogP) is -0.700. The van der Waals surface area contributed by atoms with Crippen molar-refractivity contribution in [2.24, 2.45) is 0 Å². The number of hydrogen-bond donors (Lipinski definition) is 3. The van der Waals surface area contributed by atoms with Crippen LogP contribution < -0.4 is 0 Å². The second-order valence-corrected chi connectivity index (χ2v) is 1.54. The molecule has 48 valence electrons. The van der Waals surface area contributed by atoms with Crippen molar-refractivity contribution in [3.8, 4) is 0 Å². The zero-order valence-corrected chi connectivity index (χ0v) is 7.33. The van der Waals surface area contributed by atoms with Crippen LogP contribution in [0.4, 0.5) is 0 Å². The number of hydrogen-bond acceptors (Lipinski definition) is 1. The number of rotatable bonds is 0. The Morgan fingerprint density at radius 2 is 1.14 bits per heavy atom. The molecule has 0 fully saturated rings. The van der Waals surface area contributed by atoms with Crippen molar-refractivity contribution in [1.82, 2.24) is 0 Å². The van der Waals surface area contributed by atoms with Crippen molar-refractivity contribution >= 4 is 27.6 Å². The molecule has 3 N–H and O–H groups in total. The maximum Gasteiger partial charge on any atom is 1.00 e. The Hall–Kier alpha value is 0.970. The summed E-state index contributed by atoms with van der Waals surface area (Å²) in [6, 6.07) is 0. The summed E-state index contributed by atoms with van der Waals surface area (Å²) < 4.78 is 8.88. The second kappa shape index (κ2) is 5.11. The van der Waals surface area contributed by atoms with Gasteiger partial charge in [-0.15, -0.1) is 0 Å². The minimum Gasteiger partial charge on any atom is -0.303 e. The van der Waals surface area contributed by atoms with Crippen LogP contribution in [0.15, 0.2) is 0 Å². The van der Waals surface area contributed by atoms with E-state index >= 15 is 0 Å². The van der Waals surface area contributed by atoms with Crippen LogP contribution in [-0.2, 0) is 4.57 Å². The van der Waals surface area contributed by atoms with Gasteiger partial charge in [0.2, 0.25) is 0 Å². The summed E-state index contributed by atoms with van der Waals surface area (Å²) in [5, 5.41) is 0. The Morgan fingerprint density at radius 3 is 1.14 bits per heavy atom. The molecule has 0 spiro atoms. The lowest BCUT2D eigenvalue weighted by atomic mass is 15.8. The molecule has 0 saturated heterocycles. The minimum atomic E-state index is -4.64. The van der Waals surface area contributed by atoms with Gasteiger partial charge in [0.15, 0.2) is 0 Å². The maximum absolute atomic E-state index is 8.88. The van der Waals surface area contributed by atoms with Crippen molar-refractivity contribution in [1.29, 1.82) is 0 Å². The second-order valence-electron chi connectivity index (χ2n) is 0.513. The molecule has 0 rings (SSSR count). The van der Waals surface area contributed by atoms with Gasteiger partial charge in [0.25, 0.3) is 0 Å². The van der Waals surface area contributed by atoms with Crippen LogP contribution in [-0.4, -0.2) is 14.7 Å². The minimum absolute atomic E-state index is 0. The third-order valence-corrected chi connectivity index (χ3v) is 0. The molecule has 2 atom stereocenters. The standard InChI is InChI=1S/H3O4P.2H3P/c1-5(2,3)4;;/h(H3,1,2,3,4);2*1H3/p+1. The van der Waals surface area contributed by atoms with Gasteiger partial charge in [-0.2, -0.15) is 19.8 Å². The van der Waals surface area contributed by atoms with Gasteiger partial charge in [-0.05, 0) is 0 Å². The summed E-state index contributed by atoms with van der Waals surface area (Å²) in [4.78, 5) is 21.6. The fourth-order valence-corrected chi connectivity index (χ4v) is 0. The zero-order valence-electron chi connectivity index (χ0n) is 4.61. The molecule has 0 aliphatic carbocycles. The van der Waals surface area contributed by atoms with Crippen LogP contribution in [0, 0.1) is 0 Å².